The van der Waals surface area contributed by atoms with Crippen molar-refractivity contribution in [3.05, 3.63) is 89.4 Å². The van der Waals surface area contributed by atoms with Crippen molar-refractivity contribution in [3.8, 4) is 5.75 Å². The van der Waals surface area contributed by atoms with Crippen LogP contribution in [-0.4, -0.2) is 23.9 Å². The molecule has 3 aromatic rings. The molecule has 29 heavy (non-hydrogen) atoms. The molecule has 1 aromatic heterocycles. The summed E-state index contributed by atoms with van der Waals surface area (Å²) in [6.07, 6.45) is 1.47. The number of aliphatic hydroxyl groups excluding tert-OH is 1. The lowest BCUT2D eigenvalue weighted by Gasteiger charge is -2.24. The van der Waals surface area contributed by atoms with Crippen molar-refractivity contribution >= 4 is 23.1 Å². The molecular weight excluding hydrogens is 370 g/mol. The second kappa shape index (κ2) is 7.31. The topological polar surface area (TPSA) is 80.0 Å². The second-order valence-corrected chi connectivity index (χ2v) is 6.70. The summed E-state index contributed by atoms with van der Waals surface area (Å²) >= 11 is 0. The number of furan rings is 1. The summed E-state index contributed by atoms with van der Waals surface area (Å²) in [4.78, 5) is 27.4. The average molecular weight is 389 g/mol. The van der Waals surface area contributed by atoms with E-state index in [0.29, 0.717) is 22.8 Å². The Labute approximate surface area is 167 Å². The highest BCUT2D eigenvalue weighted by Crippen LogP contribution is 2.43. The van der Waals surface area contributed by atoms with Crippen molar-refractivity contribution in [1.29, 1.82) is 0 Å². The van der Waals surface area contributed by atoms with Gasteiger partial charge in [-0.2, -0.15) is 0 Å². The van der Waals surface area contributed by atoms with Crippen molar-refractivity contribution < 1.29 is 23.8 Å². The molecule has 1 amide bonds. The molecule has 1 aliphatic heterocycles. The minimum atomic E-state index is -0.877. The summed E-state index contributed by atoms with van der Waals surface area (Å²) in [5.74, 6) is -0.853. The largest absolute Gasteiger partial charge is 0.507 e. The smallest absolute Gasteiger partial charge is 0.300 e. The Balaban J connectivity index is 1.94. The number of methoxy groups -OCH3 is 1. The highest BCUT2D eigenvalue weighted by molar-refractivity contribution is 6.51. The zero-order valence-corrected chi connectivity index (χ0v) is 16.0. The zero-order chi connectivity index (χ0) is 20.5. The number of ether oxygens (including phenoxy) is 1. The number of Topliss-reactive ketones (excluding diaryl/α,β-unsaturated/α-hetero) is 1. The fourth-order valence-corrected chi connectivity index (χ4v) is 3.56. The third-order valence-corrected chi connectivity index (χ3v) is 4.98. The fourth-order valence-electron chi connectivity index (χ4n) is 3.56. The van der Waals surface area contributed by atoms with Gasteiger partial charge in [-0.05, 0) is 42.8 Å². The van der Waals surface area contributed by atoms with Gasteiger partial charge >= 0.3 is 0 Å². The SMILES string of the molecule is COc1cccc(/C(O)=C2/C(=O)C(=O)N(c3ccccc3C)C2c2ccco2)c1. The van der Waals surface area contributed by atoms with E-state index in [1.807, 2.05) is 19.1 Å². The van der Waals surface area contributed by atoms with E-state index in [2.05, 4.69) is 0 Å². The maximum Gasteiger partial charge on any atom is 0.300 e. The number of benzene rings is 2. The Bertz CT molecular complexity index is 1110. The van der Waals surface area contributed by atoms with Crippen LogP contribution in [0.5, 0.6) is 5.75 Å². The monoisotopic (exact) mass is 389 g/mol. The molecule has 0 spiro atoms. The molecule has 2 aromatic carbocycles. The first-order chi connectivity index (χ1) is 14.0. The van der Waals surface area contributed by atoms with E-state index in [4.69, 9.17) is 9.15 Å². The van der Waals surface area contributed by atoms with Gasteiger partial charge in [-0.25, -0.2) is 0 Å². The Morgan fingerprint density at radius 2 is 1.86 bits per heavy atom. The van der Waals surface area contributed by atoms with Gasteiger partial charge in [0.25, 0.3) is 11.7 Å². The Kier molecular flexibility index (Phi) is 4.68. The van der Waals surface area contributed by atoms with Gasteiger partial charge in [-0.15, -0.1) is 0 Å². The van der Waals surface area contributed by atoms with Crippen LogP contribution in [0, 0.1) is 6.92 Å². The summed E-state index contributed by atoms with van der Waals surface area (Å²) in [7, 11) is 1.51. The number of hydrogen-bond acceptors (Lipinski definition) is 5. The minimum absolute atomic E-state index is 0.0264. The van der Waals surface area contributed by atoms with Crippen molar-refractivity contribution in [3.63, 3.8) is 0 Å². The fraction of sp³-hybridized carbons (Fsp3) is 0.130. The number of nitrogens with zero attached hydrogens (tertiary/aromatic N) is 1. The molecule has 146 valence electrons. The number of para-hydroxylation sites is 1. The third kappa shape index (κ3) is 3.08. The number of aryl methyl sites for hydroxylation is 1. The molecule has 1 fully saturated rings. The van der Waals surface area contributed by atoms with Crippen LogP contribution in [0.15, 0.2) is 76.9 Å². The quantitative estimate of drug-likeness (QED) is 0.410. The molecule has 0 aliphatic carbocycles. The van der Waals surface area contributed by atoms with E-state index in [0.717, 1.165) is 5.56 Å². The van der Waals surface area contributed by atoms with E-state index in [1.54, 1.807) is 48.5 Å². The summed E-state index contributed by atoms with van der Waals surface area (Å²) in [5.41, 5.74) is 1.76. The third-order valence-electron chi connectivity index (χ3n) is 4.98. The van der Waals surface area contributed by atoms with Gasteiger partial charge in [0.2, 0.25) is 0 Å². The standard InChI is InChI=1S/C23H19NO5/c1-14-7-3-4-10-17(14)24-20(18-11-6-12-29-18)19(22(26)23(24)27)21(25)15-8-5-9-16(13-15)28-2/h3-13,20,25H,1-2H3/b21-19-. The molecule has 6 nitrogen and oxygen atoms in total. The van der Waals surface area contributed by atoms with Crippen LogP contribution in [0.4, 0.5) is 5.69 Å². The van der Waals surface area contributed by atoms with Crippen molar-refractivity contribution in [2.45, 2.75) is 13.0 Å². The van der Waals surface area contributed by atoms with Crippen LogP contribution in [0.2, 0.25) is 0 Å². The van der Waals surface area contributed by atoms with Crippen molar-refractivity contribution in [2.24, 2.45) is 0 Å². The van der Waals surface area contributed by atoms with Crippen molar-refractivity contribution in [1.82, 2.24) is 0 Å². The predicted molar refractivity (Wildman–Crippen MR) is 108 cm³/mol. The van der Waals surface area contributed by atoms with Gasteiger partial charge < -0.3 is 14.3 Å². The lowest BCUT2D eigenvalue weighted by atomic mass is 9.99. The number of rotatable bonds is 4. The van der Waals surface area contributed by atoms with Crippen LogP contribution in [0.3, 0.4) is 0 Å². The first kappa shape index (κ1) is 18.6. The maximum atomic E-state index is 13.0. The van der Waals surface area contributed by atoms with Gasteiger partial charge in [-0.1, -0.05) is 30.3 Å². The van der Waals surface area contributed by atoms with Gasteiger partial charge in [0.15, 0.2) is 0 Å². The van der Waals surface area contributed by atoms with Gasteiger partial charge in [0.1, 0.15) is 23.3 Å². The van der Waals surface area contributed by atoms with Crippen LogP contribution >= 0.6 is 0 Å². The first-order valence-corrected chi connectivity index (χ1v) is 9.07. The minimum Gasteiger partial charge on any atom is -0.507 e. The maximum absolute atomic E-state index is 13.0. The molecular formula is C23H19NO5. The molecule has 1 atom stereocenters. The van der Waals surface area contributed by atoms with Gasteiger partial charge in [0, 0.05) is 11.3 Å². The van der Waals surface area contributed by atoms with Crippen molar-refractivity contribution in [2.75, 3.05) is 12.0 Å². The number of ketones is 1. The number of hydrogen-bond donors (Lipinski definition) is 1. The molecule has 2 heterocycles. The highest BCUT2D eigenvalue weighted by Gasteiger charge is 2.48. The normalized spacial score (nSPS) is 18.3. The predicted octanol–water partition coefficient (Wildman–Crippen LogP) is 4.22. The summed E-state index contributed by atoms with van der Waals surface area (Å²) in [6, 6.07) is 16.4. The summed E-state index contributed by atoms with van der Waals surface area (Å²) in [6.45, 7) is 1.86. The summed E-state index contributed by atoms with van der Waals surface area (Å²) < 4.78 is 10.8. The van der Waals surface area contributed by atoms with E-state index in [-0.39, 0.29) is 11.3 Å². The molecule has 0 bridgehead atoms. The Morgan fingerprint density at radius 3 is 2.55 bits per heavy atom. The molecule has 0 radical (unpaired) electrons. The van der Waals surface area contributed by atoms with E-state index < -0.39 is 17.7 Å². The lowest BCUT2D eigenvalue weighted by Crippen LogP contribution is -2.29. The number of amides is 1. The number of carbonyl (C=O) groups is 2. The molecule has 1 N–H and O–H groups in total. The molecule has 0 saturated carbocycles. The van der Waals surface area contributed by atoms with Crippen LogP contribution in [0.25, 0.3) is 5.76 Å². The van der Waals surface area contributed by atoms with E-state index in [1.165, 1.54) is 18.3 Å². The van der Waals surface area contributed by atoms with Crippen LogP contribution < -0.4 is 9.64 Å². The van der Waals surface area contributed by atoms with Crippen LogP contribution in [0.1, 0.15) is 22.9 Å². The Hall–Kier alpha value is -3.80. The van der Waals surface area contributed by atoms with E-state index in [9.17, 15) is 14.7 Å². The number of aliphatic hydroxyl groups is 1. The molecule has 1 saturated heterocycles. The molecule has 1 aliphatic rings. The molecule has 4 rings (SSSR count). The van der Waals surface area contributed by atoms with Gasteiger partial charge in [-0.3, -0.25) is 14.5 Å². The second-order valence-electron chi connectivity index (χ2n) is 6.70. The lowest BCUT2D eigenvalue weighted by molar-refractivity contribution is -0.132. The number of anilines is 1. The van der Waals surface area contributed by atoms with E-state index >= 15 is 0 Å². The highest BCUT2D eigenvalue weighted by atomic mass is 16.5. The zero-order valence-electron chi connectivity index (χ0n) is 16.0. The first-order valence-electron chi connectivity index (χ1n) is 9.07. The molecule has 6 heteroatoms. The summed E-state index contributed by atoms with van der Waals surface area (Å²) in [5, 5.41) is 11.0. The van der Waals surface area contributed by atoms with Crippen LogP contribution in [-0.2, 0) is 9.59 Å². The number of carbonyl (C=O) groups excluding carboxylic acids is 2. The average Bonchev–Trinajstić information content (AvgIpc) is 3.35. The van der Waals surface area contributed by atoms with Gasteiger partial charge in [0.05, 0.1) is 18.9 Å². The molecule has 1 unspecified atom stereocenters. The Morgan fingerprint density at radius 1 is 1.07 bits per heavy atom.